The van der Waals surface area contributed by atoms with Crippen LogP contribution in [0.25, 0.3) is 0 Å². The molecule has 0 bridgehead atoms. The van der Waals surface area contributed by atoms with Crippen molar-refractivity contribution >= 4 is 0 Å². The van der Waals surface area contributed by atoms with E-state index in [1.165, 1.54) is 65.0 Å². The van der Waals surface area contributed by atoms with Crippen LogP contribution in [0.5, 0.6) is 0 Å². The molecule has 1 aliphatic carbocycles. The van der Waals surface area contributed by atoms with Gasteiger partial charge in [0.1, 0.15) is 0 Å². The van der Waals surface area contributed by atoms with E-state index in [9.17, 15) is 0 Å². The molecule has 1 saturated carbocycles. The van der Waals surface area contributed by atoms with Crippen molar-refractivity contribution in [3.8, 4) is 0 Å². The Bertz CT molecular complexity index is 381. The third kappa shape index (κ3) is 4.34. The third-order valence-corrected chi connectivity index (χ3v) is 7.15. The molecule has 0 aromatic rings. The van der Waals surface area contributed by atoms with Crippen LogP contribution < -0.4 is 0 Å². The van der Waals surface area contributed by atoms with Gasteiger partial charge in [0, 0.05) is 57.4 Å². The van der Waals surface area contributed by atoms with E-state index >= 15 is 0 Å². The fraction of sp³-hybridized carbons (Fsp3) is 1.00. The largest absolute Gasteiger partial charge is 0.300 e. The molecule has 0 aromatic carbocycles. The summed E-state index contributed by atoms with van der Waals surface area (Å²) in [5.74, 6) is 2.79. The Labute approximate surface area is 150 Å². The molecule has 3 rings (SSSR count). The van der Waals surface area contributed by atoms with Gasteiger partial charge in [-0.25, -0.2) is 0 Å². The van der Waals surface area contributed by atoms with Crippen molar-refractivity contribution in [2.45, 2.75) is 78.4 Å². The summed E-state index contributed by atoms with van der Waals surface area (Å²) < 4.78 is 0. The molecule has 3 aliphatic rings. The van der Waals surface area contributed by atoms with Crippen LogP contribution in [-0.4, -0.2) is 72.1 Å². The van der Waals surface area contributed by atoms with E-state index in [0.29, 0.717) is 0 Å². The molecule has 3 heteroatoms. The molecule has 1 atom stereocenters. The molecule has 2 heterocycles. The molecule has 0 spiro atoms. The third-order valence-electron chi connectivity index (χ3n) is 7.15. The summed E-state index contributed by atoms with van der Waals surface area (Å²) in [7, 11) is 0. The first-order valence-electron chi connectivity index (χ1n) is 10.7. The monoisotopic (exact) mass is 335 g/mol. The van der Waals surface area contributed by atoms with Crippen LogP contribution in [0.1, 0.15) is 60.3 Å². The summed E-state index contributed by atoms with van der Waals surface area (Å²) >= 11 is 0. The summed E-state index contributed by atoms with van der Waals surface area (Å²) in [4.78, 5) is 8.22. The van der Waals surface area contributed by atoms with Gasteiger partial charge in [-0.2, -0.15) is 0 Å². The predicted molar refractivity (Wildman–Crippen MR) is 103 cm³/mol. The predicted octanol–water partition coefficient (Wildman–Crippen LogP) is 3.55. The van der Waals surface area contributed by atoms with Gasteiger partial charge in [-0.15, -0.1) is 0 Å². The van der Waals surface area contributed by atoms with Gasteiger partial charge >= 0.3 is 0 Å². The molecule has 2 aliphatic heterocycles. The van der Waals surface area contributed by atoms with Crippen molar-refractivity contribution in [3.63, 3.8) is 0 Å². The van der Waals surface area contributed by atoms with Crippen LogP contribution in [0.4, 0.5) is 0 Å². The lowest BCUT2D eigenvalue weighted by molar-refractivity contribution is -0.00469. The van der Waals surface area contributed by atoms with Crippen LogP contribution >= 0.6 is 0 Å². The van der Waals surface area contributed by atoms with Gasteiger partial charge in [0.05, 0.1) is 0 Å². The van der Waals surface area contributed by atoms with Crippen molar-refractivity contribution in [1.82, 2.24) is 14.7 Å². The topological polar surface area (TPSA) is 9.72 Å². The van der Waals surface area contributed by atoms with Crippen LogP contribution in [0.15, 0.2) is 0 Å². The van der Waals surface area contributed by atoms with Gasteiger partial charge in [0.2, 0.25) is 0 Å². The fourth-order valence-electron chi connectivity index (χ4n) is 5.37. The SMILES string of the molecule is CC(C)C1CCC(N2CCN(CC3CN(C(C)C)C3)C[C@H]2C)CC1. The first-order valence-corrected chi connectivity index (χ1v) is 10.7. The molecule has 3 fully saturated rings. The number of nitrogens with zero attached hydrogens (tertiary/aromatic N) is 3. The Hall–Kier alpha value is -0.120. The summed E-state index contributed by atoms with van der Waals surface area (Å²) in [6.07, 6.45) is 5.81. The Morgan fingerprint density at radius 1 is 0.875 bits per heavy atom. The van der Waals surface area contributed by atoms with E-state index in [-0.39, 0.29) is 0 Å². The fourth-order valence-corrected chi connectivity index (χ4v) is 5.37. The van der Waals surface area contributed by atoms with E-state index in [1.807, 2.05) is 0 Å². The molecule has 0 N–H and O–H groups in total. The lowest BCUT2D eigenvalue weighted by atomic mass is 9.79. The van der Waals surface area contributed by atoms with E-state index in [1.54, 1.807) is 0 Å². The smallest absolute Gasteiger partial charge is 0.0198 e. The highest BCUT2D eigenvalue weighted by Crippen LogP contribution is 2.33. The van der Waals surface area contributed by atoms with E-state index in [4.69, 9.17) is 0 Å². The Morgan fingerprint density at radius 2 is 1.54 bits per heavy atom. The van der Waals surface area contributed by atoms with Crippen LogP contribution in [-0.2, 0) is 0 Å². The molecule has 0 radical (unpaired) electrons. The van der Waals surface area contributed by atoms with Crippen LogP contribution in [0.3, 0.4) is 0 Å². The molecule has 140 valence electrons. The number of piperazine rings is 1. The van der Waals surface area contributed by atoms with Gasteiger partial charge in [-0.05, 0) is 64.2 Å². The number of likely N-dealkylation sites (tertiary alicyclic amines) is 1. The molecule has 24 heavy (non-hydrogen) atoms. The Morgan fingerprint density at radius 3 is 2.08 bits per heavy atom. The normalized spacial score (nSPS) is 34.9. The second kappa shape index (κ2) is 8.05. The molecule has 0 unspecified atom stereocenters. The highest BCUT2D eigenvalue weighted by molar-refractivity contribution is 4.90. The van der Waals surface area contributed by atoms with Gasteiger partial charge in [0.15, 0.2) is 0 Å². The first kappa shape index (κ1) is 18.7. The van der Waals surface area contributed by atoms with E-state index in [2.05, 4.69) is 49.3 Å². The maximum absolute atomic E-state index is 2.86. The maximum Gasteiger partial charge on any atom is 0.0198 e. The van der Waals surface area contributed by atoms with Crippen LogP contribution in [0.2, 0.25) is 0 Å². The standard InChI is InChI=1S/C21H41N3/c1-16(2)20-6-8-21(9-7-20)24-11-10-22(12-18(24)5)13-19-14-23(15-19)17(3)4/h16-21H,6-15H2,1-5H3/t18-,20?,21?/m1/s1. The average molecular weight is 336 g/mol. The Balaban J connectivity index is 1.40. The summed E-state index contributed by atoms with van der Waals surface area (Å²) in [5, 5.41) is 0. The minimum absolute atomic E-state index is 0.734. The van der Waals surface area contributed by atoms with Crippen molar-refractivity contribution < 1.29 is 0 Å². The Kier molecular flexibility index (Phi) is 6.26. The highest BCUT2D eigenvalue weighted by atomic mass is 15.3. The van der Waals surface area contributed by atoms with E-state index < -0.39 is 0 Å². The molecule has 0 amide bonds. The highest BCUT2D eigenvalue weighted by Gasteiger charge is 2.35. The lowest BCUT2D eigenvalue weighted by Gasteiger charge is -2.49. The van der Waals surface area contributed by atoms with Crippen molar-refractivity contribution in [3.05, 3.63) is 0 Å². The van der Waals surface area contributed by atoms with Crippen molar-refractivity contribution in [2.75, 3.05) is 39.3 Å². The van der Waals surface area contributed by atoms with Gasteiger partial charge in [-0.3, -0.25) is 4.90 Å². The van der Waals surface area contributed by atoms with E-state index in [0.717, 1.165) is 35.9 Å². The number of hydrogen-bond donors (Lipinski definition) is 0. The number of hydrogen-bond acceptors (Lipinski definition) is 3. The molecule has 3 nitrogen and oxygen atoms in total. The minimum atomic E-state index is 0.734. The van der Waals surface area contributed by atoms with Crippen LogP contribution in [0, 0.1) is 17.8 Å². The lowest BCUT2D eigenvalue weighted by Crippen LogP contribution is -2.59. The zero-order valence-electron chi connectivity index (χ0n) is 16.9. The summed E-state index contributed by atoms with van der Waals surface area (Å²) in [6.45, 7) is 19.8. The molecular formula is C21H41N3. The first-order chi connectivity index (χ1) is 11.4. The van der Waals surface area contributed by atoms with Gasteiger partial charge < -0.3 is 9.80 Å². The molecule has 2 saturated heterocycles. The maximum atomic E-state index is 2.86. The zero-order chi connectivity index (χ0) is 17.3. The zero-order valence-corrected chi connectivity index (χ0v) is 16.9. The second-order valence-corrected chi connectivity index (χ2v) is 9.57. The van der Waals surface area contributed by atoms with Gasteiger partial charge in [0.25, 0.3) is 0 Å². The average Bonchev–Trinajstić information content (AvgIpc) is 2.50. The molecular weight excluding hydrogens is 294 g/mol. The summed E-state index contributed by atoms with van der Waals surface area (Å²) in [5.41, 5.74) is 0. The van der Waals surface area contributed by atoms with Gasteiger partial charge in [-0.1, -0.05) is 13.8 Å². The minimum Gasteiger partial charge on any atom is -0.300 e. The number of rotatable bonds is 5. The molecule has 0 aromatic heterocycles. The second-order valence-electron chi connectivity index (χ2n) is 9.57. The quantitative estimate of drug-likeness (QED) is 0.761. The summed E-state index contributed by atoms with van der Waals surface area (Å²) in [6, 6.07) is 2.36. The van der Waals surface area contributed by atoms with Crippen molar-refractivity contribution in [1.29, 1.82) is 0 Å². The van der Waals surface area contributed by atoms with Crippen molar-refractivity contribution in [2.24, 2.45) is 17.8 Å².